The Labute approximate surface area is 103 Å². The zero-order valence-electron chi connectivity index (χ0n) is 10.7. The monoisotopic (exact) mass is 235 g/mol. The van der Waals surface area contributed by atoms with Gasteiger partial charge >= 0.3 is 0 Å². The number of methoxy groups -OCH3 is 1. The Morgan fingerprint density at radius 1 is 1.41 bits per heavy atom. The highest BCUT2D eigenvalue weighted by molar-refractivity contribution is 5.41. The van der Waals surface area contributed by atoms with E-state index in [1.54, 1.807) is 7.11 Å². The Bertz CT molecular complexity index is 392. The van der Waals surface area contributed by atoms with Gasteiger partial charge in [0.2, 0.25) is 0 Å². The summed E-state index contributed by atoms with van der Waals surface area (Å²) in [6.07, 6.45) is 3.22. The van der Waals surface area contributed by atoms with Crippen molar-refractivity contribution >= 4 is 0 Å². The molecule has 0 saturated carbocycles. The van der Waals surface area contributed by atoms with Gasteiger partial charge in [0.05, 0.1) is 7.11 Å². The molecule has 0 spiro atoms. The maximum Gasteiger partial charge on any atom is 0.119 e. The minimum atomic E-state index is -0.283. The minimum absolute atomic E-state index is 0.283. The van der Waals surface area contributed by atoms with Gasteiger partial charge in [-0.1, -0.05) is 6.07 Å². The molecule has 1 atom stereocenters. The van der Waals surface area contributed by atoms with Crippen LogP contribution in [-0.4, -0.2) is 20.3 Å². The van der Waals surface area contributed by atoms with Crippen LogP contribution in [0.3, 0.4) is 0 Å². The van der Waals surface area contributed by atoms with Crippen LogP contribution in [0.15, 0.2) is 18.2 Å². The van der Waals surface area contributed by atoms with Gasteiger partial charge in [-0.15, -0.1) is 0 Å². The Kier molecular flexibility index (Phi) is 3.69. The Morgan fingerprint density at radius 3 is 2.88 bits per heavy atom. The van der Waals surface area contributed by atoms with E-state index in [0.29, 0.717) is 13.2 Å². The normalized spacial score (nSPS) is 23.2. The first kappa shape index (κ1) is 12.4. The third-order valence-corrected chi connectivity index (χ3v) is 3.58. The summed E-state index contributed by atoms with van der Waals surface area (Å²) in [4.78, 5) is 0. The summed E-state index contributed by atoms with van der Waals surface area (Å²) < 4.78 is 11.2. The van der Waals surface area contributed by atoms with E-state index in [0.717, 1.165) is 25.0 Å². The number of benzene rings is 1. The summed E-state index contributed by atoms with van der Waals surface area (Å²) in [5.41, 5.74) is 8.23. The van der Waals surface area contributed by atoms with Crippen molar-refractivity contribution in [1.29, 1.82) is 0 Å². The predicted octanol–water partition coefficient (Wildman–Crippen LogP) is 2.22. The molecule has 2 N–H and O–H groups in total. The van der Waals surface area contributed by atoms with Gasteiger partial charge in [0.25, 0.3) is 0 Å². The first-order chi connectivity index (χ1) is 8.25. The second-order valence-electron chi connectivity index (χ2n) is 4.51. The van der Waals surface area contributed by atoms with Crippen molar-refractivity contribution in [3.05, 3.63) is 29.3 Å². The van der Waals surface area contributed by atoms with Gasteiger partial charge in [-0.3, -0.25) is 0 Å². The molecule has 2 rings (SSSR count). The molecule has 0 aromatic heterocycles. The topological polar surface area (TPSA) is 44.5 Å². The molecule has 0 heterocycles. The third-order valence-electron chi connectivity index (χ3n) is 3.58. The first-order valence-corrected chi connectivity index (χ1v) is 6.27. The molecular formula is C14H21NO2. The fraction of sp³-hybridized carbons (Fsp3) is 0.571. The van der Waals surface area contributed by atoms with Gasteiger partial charge in [0.15, 0.2) is 0 Å². The highest BCUT2D eigenvalue weighted by Gasteiger charge is 2.36. The molecule has 0 amide bonds. The molecule has 94 valence electrons. The second-order valence-corrected chi connectivity index (χ2v) is 4.51. The quantitative estimate of drug-likeness (QED) is 0.870. The Balaban J connectivity index is 2.42. The smallest absolute Gasteiger partial charge is 0.119 e. The number of aryl methyl sites for hydroxylation is 1. The zero-order chi connectivity index (χ0) is 12.3. The summed E-state index contributed by atoms with van der Waals surface area (Å²) in [6.45, 7) is 3.26. The second kappa shape index (κ2) is 5.07. The third kappa shape index (κ3) is 2.17. The predicted molar refractivity (Wildman–Crippen MR) is 68.3 cm³/mol. The molecule has 0 radical (unpaired) electrons. The lowest BCUT2D eigenvalue weighted by Gasteiger charge is -2.38. The van der Waals surface area contributed by atoms with Crippen LogP contribution < -0.4 is 10.5 Å². The summed E-state index contributed by atoms with van der Waals surface area (Å²) in [5.74, 6) is 0.910. The van der Waals surface area contributed by atoms with Crippen molar-refractivity contribution in [3.8, 4) is 5.75 Å². The van der Waals surface area contributed by atoms with E-state index in [9.17, 15) is 0 Å². The number of fused-ring (bicyclic) bond motifs is 1. The van der Waals surface area contributed by atoms with E-state index in [1.807, 2.05) is 13.0 Å². The van der Waals surface area contributed by atoms with Crippen molar-refractivity contribution < 1.29 is 9.47 Å². The minimum Gasteiger partial charge on any atom is -0.497 e. The van der Waals surface area contributed by atoms with Crippen molar-refractivity contribution in [1.82, 2.24) is 0 Å². The molecule has 0 aliphatic heterocycles. The van der Waals surface area contributed by atoms with Crippen LogP contribution in [0.2, 0.25) is 0 Å². The van der Waals surface area contributed by atoms with E-state index >= 15 is 0 Å². The molecule has 1 aromatic rings. The van der Waals surface area contributed by atoms with Gasteiger partial charge in [0.1, 0.15) is 11.4 Å². The molecule has 1 aromatic carbocycles. The van der Waals surface area contributed by atoms with Crippen molar-refractivity contribution in [2.24, 2.45) is 5.73 Å². The molecule has 0 fully saturated rings. The van der Waals surface area contributed by atoms with Crippen LogP contribution in [0.4, 0.5) is 0 Å². The van der Waals surface area contributed by atoms with E-state index in [-0.39, 0.29) is 5.60 Å². The van der Waals surface area contributed by atoms with Crippen LogP contribution in [0, 0.1) is 0 Å². The molecule has 1 aliphatic rings. The van der Waals surface area contributed by atoms with Crippen LogP contribution in [-0.2, 0) is 16.8 Å². The molecular weight excluding hydrogens is 214 g/mol. The summed E-state index contributed by atoms with van der Waals surface area (Å²) in [5, 5.41) is 0. The van der Waals surface area contributed by atoms with Gasteiger partial charge in [-0.25, -0.2) is 0 Å². The largest absolute Gasteiger partial charge is 0.497 e. The molecule has 3 nitrogen and oxygen atoms in total. The average Bonchev–Trinajstić information content (AvgIpc) is 2.38. The number of hydrogen-bond acceptors (Lipinski definition) is 3. The number of ether oxygens (including phenoxy) is 2. The van der Waals surface area contributed by atoms with E-state index in [4.69, 9.17) is 15.2 Å². The van der Waals surface area contributed by atoms with E-state index in [1.165, 1.54) is 11.1 Å². The van der Waals surface area contributed by atoms with Crippen molar-refractivity contribution in [3.63, 3.8) is 0 Å². The summed E-state index contributed by atoms with van der Waals surface area (Å²) in [6, 6.07) is 6.21. The molecule has 1 aliphatic carbocycles. The van der Waals surface area contributed by atoms with Crippen LogP contribution >= 0.6 is 0 Å². The zero-order valence-corrected chi connectivity index (χ0v) is 10.7. The maximum atomic E-state index is 5.95. The lowest BCUT2D eigenvalue weighted by Crippen LogP contribution is -2.41. The molecule has 17 heavy (non-hydrogen) atoms. The molecule has 0 saturated heterocycles. The number of nitrogens with two attached hydrogens (primary N) is 1. The van der Waals surface area contributed by atoms with Crippen LogP contribution in [0.25, 0.3) is 0 Å². The molecule has 1 unspecified atom stereocenters. The SMILES string of the molecule is CCOC1(CN)CCCc2cc(OC)ccc21. The van der Waals surface area contributed by atoms with E-state index < -0.39 is 0 Å². The van der Waals surface area contributed by atoms with Gasteiger partial charge in [-0.2, -0.15) is 0 Å². The Morgan fingerprint density at radius 2 is 2.24 bits per heavy atom. The lowest BCUT2D eigenvalue weighted by molar-refractivity contribution is -0.0495. The number of rotatable bonds is 4. The molecule has 3 heteroatoms. The maximum absolute atomic E-state index is 5.95. The van der Waals surface area contributed by atoms with Gasteiger partial charge in [-0.05, 0) is 49.4 Å². The van der Waals surface area contributed by atoms with Gasteiger partial charge in [0, 0.05) is 13.2 Å². The summed E-state index contributed by atoms with van der Waals surface area (Å²) >= 11 is 0. The molecule has 0 bridgehead atoms. The fourth-order valence-electron chi connectivity index (χ4n) is 2.74. The lowest BCUT2D eigenvalue weighted by atomic mass is 9.79. The van der Waals surface area contributed by atoms with Gasteiger partial charge < -0.3 is 15.2 Å². The van der Waals surface area contributed by atoms with Crippen molar-refractivity contribution in [2.45, 2.75) is 31.8 Å². The van der Waals surface area contributed by atoms with Crippen molar-refractivity contribution in [2.75, 3.05) is 20.3 Å². The Hall–Kier alpha value is -1.06. The standard InChI is InChI=1S/C14H21NO2/c1-3-17-14(10-15)8-4-5-11-9-12(16-2)6-7-13(11)14/h6-7,9H,3-5,8,10,15H2,1-2H3. The van der Waals surface area contributed by atoms with Crippen LogP contribution in [0.5, 0.6) is 5.75 Å². The number of hydrogen-bond donors (Lipinski definition) is 1. The highest BCUT2D eigenvalue weighted by Crippen LogP contribution is 2.39. The summed E-state index contributed by atoms with van der Waals surface area (Å²) in [7, 11) is 1.70. The average molecular weight is 235 g/mol. The fourth-order valence-corrected chi connectivity index (χ4v) is 2.74. The highest BCUT2D eigenvalue weighted by atomic mass is 16.5. The van der Waals surface area contributed by atoms with Crippen LogP contribution in [0.1, 0.15) is 30.9 Å². The first-order valence-electron chi connectivity index (χ1n) is 6.27. The van der Waals surface area contributed by atoms with E-state index in [2.05, 4.69) is 12.1 Å².